The van der Waals surface area contributed by atoms with Crippen LogP contribution in [0, 0.1) is 0 Å². The molecule has 2 saturated heterocycles. The smallest absolute Gasteiger partial charge is 0.240 e. The second-order valence-corrected chi connectivity index (χ2v) is 7.43. The number of anilines is 1. The predicted octanol–water partition coefficient (Wildman–Crippen LogP) is 0.752. The van der Waals surface area contributed by atoms with Crippen LogP contribution < -0.4 is 5.32 Å². The Hall–Kier alpha value is -1.58. The molecule has 0 bridgehead atoms. The van der Waals surface area contributed by atoms with Crippen molar-refractivity contribution in [2.75, 3.05) is 44.7 Å². The van der Waals surface area contributed by atoms with Gasteiger partial charge in [-0.15, -0.1) is 10.2 Å². The van der Waals surface area contributed by atoms with Crippen molar-refractivity contribution in [1.82, 2.24) is 20.0 Å². The zero-order chi connectivity index (χ0) is 17.6. The molecule has 0 saturated carbocycles. The Labute approximate surface area is 151 Å². The summed E-state index contributed by atoms with van der Waals surface area (Å²) in [5, 5.41) is 12.3. The van der Waals surface area contributed by atoms with Crippen molar-refractivity contribution in [2.45, 2.75) is 38.6 Å². The second kappa shape index (κ2) is 8.68. The molecule has 2 amide bonds. The largest absolute Gasteiger partial charge is 0.378 e. The quantitative estimate of drug-likeness (QED) is 0.798. The van der Waals surface area contributed by atoms with E-state index in [0.29, 0.717) is 31.4 Å². The van der Waals surface area contributed by atoms with Crippen LogP contribution in [0.4, 0.5) is 5.13 Å². The number of nitrogens with one attached hydrogen (secondary N) is 1. The Kier molecular flexibility index (Phi) is 6.33. The van der Waals surface area contributed by atoms with E-state index in [-0.39, 0.29) is 24.4 Å². The van der Waals surface area contributed by atoms with Crippen LogP contribution in [0.5, 0.6) is 0 Å². The molecular weight excluding hydrogens is 342 g/mol. The van der Waals surface area contributed by atoms with Gasteiger partial charge in [0.15, 0.2) is 0 Å². The summed E-state index contributed by atoms with van der Waals surface area (Å²) in [5.41, 5.74) is 0. The van der Waals surface area contributed by atoms with Crippen LogP contribution in [0.15, 0.2) is 0 Å². The molecule has 8 nitrogen and oxygen atoms in total. The summed E-state index contributed by atoms with van der Waals surface area (Å²) in [5.74, 6) is -0.0179. The van der Waals surface area contributed by atoms with Crippen LogP contribution in [0.2, 0.25) is 0 Å². The summed E-state index contributed by atoms with van der Waals surface area (Å²) in [4.78, 5) is 28.9. The molecule has 2 aliphatic heterocycles. The maximum absolute atomic E-state index is 12.7. The number of morpholine rings is 1. The summed E-state index contributed by atoms with van der Waals surface area (Å²) >= 11 is 1.41. The first kappa shape index (κ1) is 18.2. The van der Waals surface area contributed by atoms with Crippen LogP contribution in [0.25, 0.3) is 0 Å². The predicted molar refractivity (Wildman–Crippen MR) is 94.5 cm³/mol. The molecule has 3 rings (SSSR count). The number of carbonyl (C=O) groups excluding carboxylic acids is 2. The van der Waals surface area contributed by atoms with Crippen LogP contribution >= 0.6 is 11.3 Å². The maximum atomic E-state index is 12.7. The monoisotopic (exact) mass is 367 g/mol. The molecule has 138 valence electrons. The number of nitrogens with zero attached hydrogens (tertiary/aromatic N) is 4. The van der Waals surface area contributed by atoms with Gasteiger partial charge in [-0.3, -0.25) is 19.8 Å². The fourth-order valence-corrected chi connectivity index (χ4v) is 4.11. The van der Waals surface area contributed by atoms with E-state index in [1.807, 2.05) is 9.80 Å². The Bertz CT molecular complexity index is 602. The molecule has 0 aromatic carbocycles. The third-order valence-corrected chi connectivity index (χ3v) is 5.39. The summed E-state index contributed by atoms with van der Waals surface area (Å²) in [7, 11) is 0. The van der Waals surface area contributed by atoms with Gasteiger partial charge >= 0.3 is 0 Å². The van der Waals surface area contributed by atoms with Gasteiger partial charge in [-0.2, -0.15) is 0 Å². The van der Waals surface area contributed by atoms with Gasteiger partial charge in [-0.25, -0.2) is 0 Å². The Morgan fingerprint density at radius 2 is 2.08 bits per heavy atom. The zero-order valence-electron chi connectivity index (χ0n) is 14.6. The Morgan fingerprint density at radius 1 is 1.28 bits per heavy atom. The van der Waals surface area contributed by atoms with Crippen molar-refractivity contribution in [3.05, 3.63) is 5.01 Å². The number of likely N-dealkylation sites (tertiary alicyclic amines) is 1. The number of amides is 2. The van der Waals surface area contributed by atoms with E-state index >= 15 is 0 Å². The second-order valence-electron chi connectivity index (χ2n) is 6.37. The van der Waals surface area contributed by atoms with Crippen molar-refractivity contribution in [3.8, 4) is 0 Å². The Morgan fingerprint density at radius 3 is 2.84 bits per heavy atom. The molecule has 1 atom stereocenters. The molecule has 2 fully saturated rings. The van der Waals surface area contributed by atoms with Crippen LogP contribution in [-0.2, 0) is 20.7 Å². The first-order valence-corrected chi connectivity index (χ1v) is 9.72. The van der Waals surface area contributed by atoms with Gasteiger partial charge in [0.2, 0.25) is 16.9 Å². The van der Waals surface area contributed by atoms with Gasteiger partial charge < -0.3 is 9.64 Å². The summed E-state index contributed by atoms with van der Waals surface area (Å²) in [6.45, 7) is 5.53. The van der Waals surface area contributed by atoms with Crippen LogP contribution in [0.1, 0.15) is 31.2 Å². The van der Waals surface area contributed by atoms with Gasteiger partial charge in [0.25, 0.3) is 0 Å². The molecule has 0 aliphatic carbocycles. The lowest BCUT2D eigenvalue weighted by atomic mass is 10.2. The summed E-state index contributed by atoms with van der Waals surface area (Å²) in [6, 6.07) is -0.200. The van der Waals surface area contributed by atoms with E-state index < -0.39 is 0 Å². The number of ether oxygens (including phenoxy) is 1. The van der Waals surface area contributed by atoms with Crippen molar-refractivity contribution in [3.63, 3.8) is 0 Å². The highest BCUT2D eigenvalue weighted by atomic mass is 32.1. The maximum Gasteiger partial charge on any atom is 0.240 e. The van der Waals surface area contributed by atoms with Crippen molar-refractivity contribution < 1.29 is 14.3 Å². The topological polar surface area (TPSA) is 87.7 Å². The molecule has 1 N–H and O–H groups in total. The van der Waals surface area contributed by atoms with Gasteiger partial charge in [0.1, 0.15) is 5.01 Å². The van der Waals surface area contributed by atoms with Crippen LogP contribution in [-0.4, -0.2) is 77.2 Å². The lowest BCUT2D eigenvalue weighted by Crippen LogP contribution is -2.50. The first-order chi connectivity index (χ1) is 12.2. The molecule has 0 unspecified atom stereocenters. The fourth-order valence-electron chi connectivity index (χ4n) is 3.25. The molecule has 0 radical (unpaired) electrons. The van der Waals surface area contributed by atoms with E-state index in [2.05, 4.69) is 22.4 Å². The van der Waals surface area contributed by atoms with E-state index in [1.54, 1.807) is 0 Å². The third-order valence-electron chi connectivity index (χ3n) is 4.50. The molecular formula is C16H25N5O3S. The van der Waals surface area contributed by atoms with E-state index in [4.69, 9.17) is 4.74 Å². The number of rotatable bonds is 6. The highest BCUT2D eigenvalue weighted by Crippen LogP contribution is 2.21. The molecule has 25 heavy (non-hydrogen) atoms. The minimum Gasteiger partial charge on any atom is -0.378 e. The average Bonchev–Trinajstić information content (AvgIpc) is 3.25. The van der Waals surface area contributed by atoms with Gasteiger partial charge in [0.05, 0.1) is 25.8 Å². The number of carbonyl (C=O) groups is 2. The first-order valence-electron chi connectivity index (χ1n) is 8.90. The lowest BCUT2D eigenvalue weighted by molar-refractivity contribution is -0.140. The minimum absolute atomic E-state index is 0.120. The number of aryl methyl sites for hydroxylation is 1. The van der Waals surface area contributed by atoms with Crippen LogP contribution in [0.3, 0.4) is 0 Å². The minimum atomic E-state index is -0.200. The normalized spacial score (nSPS) is 21.5. The standard InChI is InChI=1S/C16H25N5O3S/c1-2-4-14-18-19-16(25-14)17-13(22)11-21-6-3-5-12(21)15(23)20-7-9-24-10-8-20/h12H,2-11H2,1H3,(H,17,19,22)/t12-/m0/s1. The lowest BCUT2D eigenvalue weighted by Gasteiger charge is -2.32. The van der Waals surface area contributed by atoms with Gasteiger partial charge in [-0.05, 0) is 25.8 Å². The summed E-state index contributed by atoms with van der Waals surface area (Å²) < 4.78 is 5.31. The van der Waals surface area contributed by atoms with Crippen molar-refractivity contribution >= 4 is 28.3 Å². The van der Waals surface area contributed by atoms with Crippen molar-refractivity contribution in [1.29, 1.82) is 0 Å². The molecule has 3 heterocycles. The fraction of sp³-hybridized carbons (Fsp3) is 0.750. The van der Waals surface area contributed by atoms with Gasteiger partial charge in [-0.1, -0.05) is 18.3 Å². The Balaban J connectivity index is 1.53. The van der Waals surface area contributed by atoms with E-state index in [0.717, 1.165) is 37.2 Å². The highest BCUT2D eigenvalue weighted by molar-refractivity contribution is 7.15. The highest BCUT2D eigenvalue weighted by Gasteiger charge is 2.35. The number of aromatic nitrogens is 2. The molecule has 0 spiro atoms. The van der Waals surface area contributed by atoms with Crippen molar-refractivity contribution in [2.24, 2.45) is 0 Å². The number of hydrogen-bond donors (Lipinski definition) is 1. The zero-order valence-corrected chi connectivity index (χ0v) is 15.4. The van der Waals surface area contributed by atoms with E-state index in [1.165, 1.54) is 11.3 Å². The molecule has 2 aliphatic rings. The molecule has 1 aromatic rings. The third kappa shape index (κ3) is 4.74. The number of hydrogen-bond acceptors (Lipinski definition) is 7. The van der Waals surface area contributed by atoms with E-state index in [9.17, 15) is 9.59 Å². The molecule has 9 heteroatoms. The summed E-state index contributed by atoms with van der Waals surface area (Å²) in [6.07, 6.45) is 3.62. The van der Waals surface area contributed by atoms with Gasteiger partial charge in [0, 0.05) is 19.5 Å². The average molecular weight is 367 g/mol. The molecule has 1 aromatic heterocycles. The SMILES string of the molecule is CCCc1nnc(NC(=O)CN2CCC[C@H]2C(=O)N2CCOCC2)s1.